The van der Waals surface area contributed by atoms with E-state index in [-0.39, 0.29) is 12.2 Å². The van der Waals surface area contributed by atoms with Crippen LogP contribution in [0.2, 0.25) is 0 Å². The van der Waals surface area contributed by atoms with Gasteiger partial charge < -0.3 is 14.9 Å². The van der Waals surface area contributed by atoms with Crippen molar-refractivity contribution in [1.29, 1.82) is 0 Å². The molecule has 0 radical (unpaired) electrons. The molecule has 0 amide bonds. The van der Waals surface area contributed by atoms with Gasteiger partial charge >= 0.3 is 5.97 Å². The molecule has 3 unspecified atom stereocenters. The van der Waals surface area contributed by atoms with Crippen LogP contribution in [0.25, 0.3) is 0 Å². The van der Waals surface area contributed by atoms with Gasteiger partial charge in [0, 0.05) is 6.42 Å². The van der Waals surface area contributed by atoms with Gasteiger partial charge in [0.25, 0.3) is 0 Å². The van der Waals surface area contributed by atoms with Gasteiger partial charge in [-0.15, -0.1) is 0 Å². The van der Waals surface area contributed by atoms with Crippen LogP contribution < -0.4 is 0 Å². The van der Waals surface area contributed by atoms with Crippen molar-refractivity contribution in [2.75, 3.05) is 0 Å². The predicted octanol–water partition coefficient (Wildman–Crippen LogP) is 5.07. The molecule has 0 aromatic carbocycles. The van der Waals surface area contributed by atoms with Crippen LogP contribution in [0.3, 0.4) is 0 Å². The van der Waals surface area contributed by atoms with Crippen molar-refractivity contribution in [1.82, 2.24) is 0 Å². The number of unbranched alkanes of at least 4 members (excludes halogenated alkanes) is 10. The molecule has 4 heteroatoms. The Labute approximate surface area is 148 Å². The van der Waals surface area contributed by atoms with Crippen LogP contribution in [-0.2, 0) is 9.53 Å². The fourth-order valence-corrected chi connectivity index (χ4v) is 3.35. The van der Waals surface area contributed by atoms with E-state index in [9.17, 15) is 9.90 Å². The molecule has 1 aliphatic rings. The van der Waals surface area contributed by atoms with E-state index in [1.54, 1.807) is 0 Å². The average molecular weight is 343 g/mol. The van der Waals surface area contributed by atoms with Crippen molar-refractivity contribution in [3.8, 4) is 0 Å². The molecule has 1 aliphatic heterocycles. The van der Waals surface area contributed by atoms with Gasteiger partial charge in [0.1, 0.15) is 6.10 Å². The molecular weight excluding hydrogens is 304 g/mol. The lowest BCUT2D eigenvalue weighted by Gasteiger charge is -2.07. The Kier molecular flexibility index (Phi) is 12.2. The summed E-state index contributed by atoms with van der Waals surface area (Å²) in [4.78, 5) is 10.4. The minimum absolute atomic E-state index is 0.118. The van der Waals surface area contributed by atoms with Gasteiger partial charge in [0.05, 0.1) is 12.2 Å². The summed E-state index contributed by atoms with van der Waals surface area (Å²) in [7, 11) is 0. The second kappa shape index (κ2) is 13.7. The Bertz CT molecular complexity index is 319. The van der Waals surface area contributed by atoms with E-state index in [2.05, 4.69) is 6.92 Å². The number of hydrogen-bond acceptors (Lipinski definition) is 3. The fraction of sp³-hybridized carbons (Fsp3) is 0.950. The summed E-state index contributed by atoms with van der Waals surface area (Å²) in [5, 5.41) is 18.7. The number of ether oxygens (including phenoxy) is 1. The van der Waals surface area contributed by atoms with E-state index in [0.717, 1.165) is 38.5 Å². The summed E-state index contributed by atoms with van der Waals surface area (Å²) in [6.07, 6.45) is 16.5. The first-order valence-electron chi connectivity index (χ1n) is 10.2. The van der Waals surface area contributed by atoms with E-state index >= 15 is 0 Å². The smallest absolute Gasteiger partial charge is 0.303 e. The Morgan fingerprint density at radius 1 is 0.917 bits per heavy atom. The van der Waals surface area contributed by atoms with Gasteiger partial charge in [0.2, 0.25) is 0 Å². The van der Waals surface area contributed by atoms with Gasteiger partial charge in [-0.1, -0.05) is 77.6 Å². The summed E-state index contributed by atoms with van der Waals surface area (Å²) in [5.74, 6) is -0.680. The van der Waals surface area contributed by atoms with Gasteiger partial charge in [-0.25, -0.2) is 0 Å². The second-order valence-corrected chi connectivity index (χ2v) is 7.32. The molecule has 1 rings (SSSR count). The molecular formula is C20H38O4. The molecule has 1 heterocycles. The predicted molar refractivity (Wildman–Crippen MR) is 97.2 cm³/mol. The minimum Gasteiger partial charge on any atom is -0.481 e. The molecule has 24 heavy (non-hydrogen) atoms. The summed E-state index contributed by atoms with van der Waals surface area (Å²) in [6.45, 7) is 2.21. The van der Waals surface area contributed by atoms with Crippen molar-refractivity contribution < 1.29 is 19.7 Å². The van der Waals surface area contributed by atoms with Crippen LogP contribution in [0.1, 0.15) is 103 Å². The Balaban J connectivity index is 1.80. The third kappa shape index (κ3) is 11.0. The highest BCUT2D eigenvalue weighted by molar-refractivity contribution is 5.66. The molecule has 0 spiro atoms. The maximum Gasteiger partial charge on any atom is 0.303 e. The van der Waals surface area contributed by atoms with E-state index in [1.165, 1.54) is 51.4 Å². The first-order chi connectivity index (χ1) is 11.6. The zero-order valence-electron chi connectivity index (χ0n) is 15.5. The summed E-state index contributed by atoms with van der Waals surface area (Å²) in [6, 6.07) is 0. The Morgan fingerprint density at radius 2 is 1.50 bits per heavy atom. The first-order valence-corrected chi connectivity index (χ1v) is 10.2. The monoisotopic (exact) mass is 342 g/mol. The van der Waals surface area contributed by atoms with Crippen molar-refractivity contribution in [3.63, 3.8) is 0 Å². The van der Waals surface area contributed by atoms with Gasteiger partial charge in [-0.3, -0.25) is 4.79 Å². The number of carboxylic acid groups (broad SMARTS) is 1. The number of aliphatic hydroxyl groups excluding tert-OH is 1. The molecule has 2 N–H and O–H groups in total. The lowest BCUT2D eigenvalue weighted by Crippen LogP contribution is -2.16. The molecule has 0 saturated carbocycles. The first kappa shape index (κ1) is 21.4. The normalized spacial score (nSPS) is 20.9. The van der Waals surface area contributed by atoms with E-state index in [0.29, 0.717) is 12.5 Å². The van der Waals surface area contributed by atoms with Crippen LogP contribution in [0.15, 0.2) is 0 Å². The molecule has 142 valence electrons. The van der Waals surface area contributed by atoms with Crippen molar-refractivity contribution >= 4 is 5.97 Å². The summed E-state index contributed by atoms with van der Waals surface area (Å²) in [5.41, 5.74) is 0. The number of rotatable bonds is 17. The molecule has 0 aliphatic carbocycles. The number of carboxylic acids is 1. The standard InChI is InChI=1S/C20H38O4/c1-2-3-11-15-18-20(24-18)17(21)14-12-9-7-5-4-6-8-10-13-16-19(22)23/h17-18,20-21H,2-16H2,1H3,(H,22,23). The van der Waals surface area contributed by atoms with Crippen molar-refractivity contribution in [2.24, 2.45) is 0 Å². The zero-order valence-corrected chi connectivity index (χ0v) is 15.5. The number of aliphatic carboxylic acids is 1. The lowest BCUT2D eigenvalue weighted by atomic mass is 10.0. The van der Waals surface area contributed by atoms with Gasteiger partial charge in [-0.2, -0.15) is 0 Å². The number of aliphatic hydroxyl groups is 1. The van der Waals surface area contributed by atoms with Crippen LogP contribution in [0, 0.1) is 0 Å². The molecule has 0 aromatic rings. The number of hydrogen-bond donors (Lipinski definition) is 2. The summed E-state index contributed by atoms with van der Waals surface area (Å²) < 4.78 is 5.60. The topological polar surface area (TPSA) is 70.1 Å². The number of carbonyl (C=O) groups is 1. The Hall–Kier alpha value is -0.610. The highest BCUT2D eigenvalue weighted by atomic mass is 16.6. The quantitative estimate of drug-likeness (QED) is 0.286. The van der Waals surface area contributed by atoms with Gasteiger partial charge in [-0.05, 0) is 19.3 Å². The fourth-order valence-electron chi connectivity index (χ4n) is 3.35. The SMILES string of the molecule is CCCCCC1OC1C(O)CCCCCCCCCCCC(=O)O. The van der Waals surface area contributed by atoms with E-state index < -0.39 is 5.97 Å². The third-order valence-corrected chi connectivity index (χ3v) is 4.98. The highest BCUT2D eigenvalue weighted by Gasteiger charge is 2.42. The van der Waals surface area contributed by atoms with Crippen LogP contribution in [0.5, 0.6) is 0 Å². The molecule has 1 fully saturated rings. The van der Waals surface area contributed by atoms with Crippen LogP contribution in [0.4, 0.5) is 0 Å². The molecule has 4 nitrogen and oxygen atoms in total. The number of epoxide rings is 1. The van der Waals surface area contributed by atoms with Crippen molar-refractivity contribution in [3.05, 3.63) is 0 Å². The maximum atomic E-state index is 10.4. The second-order valence-electron chi connectivity index (χ2n) is 7.32. The van der Waals surface area contributed by atoms with E-state index in [1.807, 2.05) is 0 Å². The average Bonchev–Trinajstić information content (AvgIpc) is 3.32. The lowest BCUT2D eigenvalue weighted by molar-refractivity contribution is -0.137. The van der Waals surface area contributed by atoms with Gasteiger partial charge in [0.15, 0.2) is 0 Å². The molecule has 1 saturated heterocycles. The largest absolute Gasteiger partial charge is 0.481 e. The molecule has 0 bridgehead atoms. The maximum absolute atomic E-state index is 10.4. The molecule has 0 aromatic heterocycles. The Morgan fingerprint density at radius 3 is 2.08 bits per heavy atom. The highest BCUT2D eigenvalue weighted by Crippen LogP contribution is 2.32. The van der Waals surface area contributed by atoms with E-state index in [4.69, 9.17) is 9.84 Å². The third-order valence-electron chi connectivity index (χ3n) is 4.98. The minimum atomic E-state index is -0.680. The van der Waals surface area contributed by atoms with Crippen LogP contribution >= 0.6 is 0 Å². The molecule has 3 atom stereocenters. The van der Waals surface area contributed by atoms with Crippen molar-refractivity contribution in [2.45, 2.75) is 122 Å². The zero-order chi connectivity index (χ0) is 17.6. The van der Waals surface area contributed by atoms with Crippen LogP contribution in [-0.4, -0.2) is 34.5 Å². The summed E-state index contributed by atoms with van der Waals surface area (Å²) >= 11 is 0.